The molecular formula is C17H36NNaO2. The first-order valence-electron chi connectivity index (χ1n) is 8.54. The van der Waals surface area contributed by atoms with Gasteiger partial charge in [-0.2, -0.15) is 0 Å². The summed E-state index contributed by atoms with van der Waals surface area (Å²) < 4.78 is 0. The van der Waals surface area contributed by atoms with Crippen molar-refractivity contribution in [3.63, 3.8) is 0 Å². The summed E-state index contributed by atoms with van der Waals surface area (Å²) in [7, 11) is 0. The Kier molecular flexibility index (Phi) is 18.9. The van der Waals surface area contributed by atoms with Crippen LogP contribution in [0.15, 0.2) is 0 Å². The summed E-state index contributed by atoms with van der Waals surface area (Å²) in [5, 5.41) is 12.3. The van der Waals surface area contributed by atoms with Crippen LogP contribution in [0.1, 0.15) is 85.0 Å². The Morgan fingerprint density at radius 3 is 1.86 bits per heavy atom. The van der Waals surface area contributed by atoms with Crippen LogP contribution in [0.3, 0.4) is 0 Å². The number of carboxylic acid groups (broad SMARTS) is 1. The topological polar surface area (TPSA) is 49.3 Å². The molecule has 0 saturated carbocycles. The van der Waals surface area contributed by atoms with Crippen LogP contribution in [0.25, 0.3) is 0 Å². The second-order valence-electron chi connectivity index (χ2n) is 6.30. The Morgan fingerprint density at radius 1 is 0.952 bits per heavy atom. The standard InChI is InChI=1S/C17H35NO2.Na.H/c1-4-5-6-7-8-9-10-11-12-13-18-16(17(19)20)14-15(2)3;;/h15-16,18H,4-14H2,1-3H3,(H,19,20);;/t16-;;/m0../s1. The molecule has 0 fully saturated rings. The predicted molar refractivity (Wildman–Crippen MR) is 93.3 cm³/mol. The molecule has 0 spiro atoms. The first-order chi connectivity index (χ1) is 9.57. The third kappa shape index (κ3) is 16.6. The fourth-order valence-electron chi connectivity index (χ4n) is 2.45. The van der Waals surface area contributed by atoms with Crippen LogP contribution in [-0.2, 0) is 4.79 Å². The SMILES string of the molecule is CCCCCCCCCCCN[C@@H](CC(C)C)C(=O)O.[NaH]. The fourth-order valence-corrected chi connectivity index (χ4v) is 2.45. The minimum atomic E-state index is -0.713. The van der Waals surface area contributed by atoms with Gasteiger partial charge in [0.1, 0.15) is 6.04 Å². The third-order valence-corrected chi connectivity index (χ3v) is 3.68. The Balaban J connectivity index is 0. The summed E-state index contributed by atoms with van der Waals surface area (Å²) in [5.41, 5.74) is 0. The Bertz CT molecular complexity index is 235. The van der Waals surface area contributed by atoms with E-state index in [-0.39, 0.29) is 35.6 Å². The molecule has 0 radical (unpaired) electrons. The molecule has 0 saturated heterocycles. The number of carboxylic acids is 1. The zero-order valence-corrected chi connectivity index (χ0v) is 13.8. The zero-order valence-electron chi connectivity index (χ0n) is 13.8. The number of hydrogen-bond acceptors (Lipinski definition) is 2. The molecule has 0 rings (SSSR count). The van der Waals surface area contributed by atoms with E-state index in [1.807, 2.05) is 0 Å². The van der Waals surface area contributed by atoms with Crippen LogP contribution in [0.5, 0.6) is 0 Å². The number of rotatable bonds is 14. The number of hydrogen-bond donors (Lipinski definition) is 2. The van der Waals surface area contributed by atoms with Crippen molar-refractivity contribution in [2.45, 2.75) is 91.0 Å². The molecule has 1 atom stereocenters. The van der Waals surface area contributed by atoms with Crippen molar-refractivity contribution in [2.75, 3.05) is 6.54 Å². The molecule has 0 unspecified atom stereocenters. The molecule has 21 heavy (non-hydrogen) atoms. The molecule has 3 nitrogen and oxygen atoms in total. The first kappa shape index (κ1) is 23.7. The second-order valence-corrected chi connectivity index (χ2v) is 6.30. The molecule has 0 bridgehead atoms. The molecule has 0 aromatic carbocycles. The number of aliphatic carboxylic acids is 1. The number of carbonyl (C=O) groups is 1. The van der Waals surface area contributed by atoms with Gasteiger partial charge in [0.2, 0.25) is 0 Å². The van der Waals surface area contributed by atoms with E-state index in [0.29, 0.717) is 12.3 Å². The van der Waals surface area contributed by atoms with Crippen LogP contribution in [0.4, 0.5) is 0 Å². The van der Waals surface area contributed by atoms with Gasteiger partial charge in [-0.05, 0) is 25.3 Å². The van der Waals surface area contributed by atoms with Gasteiger partial charge in [-0.15, -0.1) is 0 Å². The van der Waals surface area contributed by atoms with Crippen molar-refractivity contribution >= 4 is 35.5 Å². The van der Waals surface area contributed by atoms with Gasteiger partial charge in [0.15, 0.2) is 0 Å². The number of unbranched alkanes of at least 4 members (excludes halogenated alkanes) is 8. The van der Waals surface area contributed by atoms with Crippen LogP contribution < -0.4 is 5.32 Å². The zero-order chi connectivity index (χ0) is 15.2. The molecule has 0 aromatic heterocycles. The van der Waals surface area contributed by atoms with Crippen LogP contribution in [0, 0.1) is 5.92 Å². The van der Waals surface area contributed by atoms with Gasteiger partial charge in [-0.1, -0.05) is 72.1 Å². The van der Waals surface area contributed by atoms with Gasteiger partial charge in [0.05, 0.1) is 0 Å². The molecule has 0 aliphatic carbocycles. The van der Waals surface area contributed by atoms with E-state index in [1.54, 1.807) is 0 Å². The maximum atomic E-state index is 11.1. The summed E-state index contributed by atoms with van der Waals surface area (Å²) in [4.78, 5) is 11.1. The molecule has 0 aliphatic heterocycles. The van der Waals surface area contributed by atoms with Gasteiger partial charge < -0.3 is 10.4 Å². The molecule has 2 N–H and O–H groups in total. The van der Waals surface area contributed by atoms with Gasteiger partial charge in [-0.25, -0.2) is 0 Å². The van der Waals surface area contributed by atoms with Crippen molar-refractivity contribution in [3.05, 3.63) is 0 Å². The van der Waals surface area contributed by atoms with Crippen molar-refractivity contribution in [2.24, 2.45) is 5.92 Å². The Hall–Kier alpha value is 0.430. The molecule has 4 heteroatoms. The van der Waals surface area contributed by atoms with Gasteiger partial charge >= 0.3 is 35.5 Å². The third-order valence-electron chi connectivity index (χ3n) is 3.68. The number of nitrogens with one attached hydrogen (secondary N) is 1. The van der Waals surface area contributed by atoms with Crippen molar-refractivity contribution in [1.29, 1.82) is 0 Å². The summed E-state index contributed by atoms with van der Waals surface area (Å²) in [6.45, 7) is 7.21. The monoisotopic (exact) mass is 309 g/mol. The molecule has 0 aromatic rings. The fraction of sp³-hybridized carbons (Fsp3) is 0.941. The summed E-state index contributed by atoms with van der Waals surface area (Å²) in [6.07, 6.45) is 12.4. The van der Waals surface area contributed by atoms with Gasteiger partial charge in [0.25, 0.3) is 0 Å². The van der Waals surface area contributed by atoms with E-state index in [1.165, 1.54) is 51.4 Å². The second kappa shape index (κ2) is 16.8. The van der Waals surface area contributed by atoms with Crippen LogP contribution in [-0.4, -0.2) is 53.2 Å². The van der Waals surface area contributed by atoms with E-state index < -0.39 is 5.97 Å². The Morgan fingerprint density at radius 2 is 1.43 bits per heavy atom. The van der Waals surface area contributed by atoms with Crippen LogP contribution >= 0.6 is 0 Å². The average molecular weight is 309 g/mol. The molecular weight excluding hydrogens is 273 g/mol. The van der Waals surface area contributed by atoms with E-state index in [4.69, 9.17) is 5.11 Å². The van der Waals surface area contributed by atoms with E-state index >= 15 is 0 Å². The summed E-state index contributed by atoms with van der Waals surface area (Å²) in [5.74, 6) is -0.290. The van der Waals surface area contributed by atoms with Crippen molar-refractivity contribution < 1.29 is 9.90 Å². The summed E-state index contributed by atoms with van der Waals surface area (Å²) in [6, 6.07) is -0.371. The van der Waals surface area contributed by atoms with Crippen molar-refractivity contribution in [3.8, 4) is 0 Å². The Labute approximate surface area is 153 Å². The maximum absolute atomic E-state index is 11.1. The van der Waals surface area contributed by atoms with Gasteiger partial charge in [-0.3, -0.25) is 4.79 Å². The van der Waals surface area contributed by atoms with Crippen LogP contribution in [0.2, 0.25) is 0 Å². The average Bonchev–Trinajstić information content (AvgIpc) is 2.39. The first-order valence-corrected chi connectivity index (χ1v) is 8.54. The van der Waals surface area contributed by atoms with E-state index in [9.17, 15) is 4.79 Å². The minimum absolute atomic E-state index is 0. The predicted octanol–water partition coefficient (Wildman–Crippen LogP) is 3.96. The molecule has 122 valence electrons. The molecule has 0 amide bonds. The quantitative estimate of drug-likeness (QED) is 0.377. The molecule has 0 aliphatic rings. The van der Waals surface area contributed by atoms with E-state index in [2.05, 4.69) is 26.1 Å². The normalized spacial score (nSPS) is 12.2. The van der Waals surface area contributed by atoms with Gasteiger partial charge in [0, 0.05) is 0 Å². The summed E-state index contributed by atoms with van der Waals surface area (Å²) >= 11 is 0. The van der Waals surface area contributed by atoms with E-state index in [0.717, 1.165) is 13.0 Å². The van der Waals surface area contributed by atoms with Crippen molar-refractivity contribution in [1.82, 2.24) is 5.32 Å². The molecule has 0 heterocycles.